The Labute approximate surface area is 120 Å². The quantitative estimate of drug-likeness (QED) is 0.618. The molecule has 2 rings (SSSR count). The van der Waals surface area contributed by atoms with E-state index in [1.165, 1.54) is 6.07 Å². The molecule has 0 aromatic heterocycles. The van der Waals surface area contributed by atoms with E-state index in [4.69, 9.17) is 34.8 Å². The van der Waals surface area contributed by atoms with Crippen LogP contribution < -0.4 is 0 Å². The number of hydrogen-bond donors (Lipinski definition) is 0. The predicted molar refractivity (Wildman–Crippen MR) is 75.3 cm³/mol. The fourth-order valence-corrected chi connectivity index (χ4v) is 2.55. The first-order valence-electron chi connectivity index (χ1n) is 5.34. The topological polar surface area (TPSA) is 0 Å². The molecular weight excluding hydrogens is 294 g/mol. The zero-order valence-corrected chi connectivity index (χ0v) is 11.8. The minimum absolute atomic E-state index is 0.318. The summed E-state index contributed by atoms with van der Waals surface area (Å²) in [5.41, 5.74) is 2.03. The molecule has 0 nitrogen and oxygen atoms in total. The number of alkyl halides is 1. The van der Waals surface area contributed by atoms with E-state index in [9.17, 15) is 4.39 Å². The summed E-state index contributed by atoms with van der Waals surface area (Å²) in [7, 11) is 0. The first-order valence-corrected chi connectivity index (χ1v) is 6.53. The molecule has 4 heteroatoms. The standard InChI is InChI=1S/C14H10Cl3F/c1-8-5-11(12(16)7-13(8)18)14(17)9-3-2-4-10(15)6-9/h2-7,14H,1H3. The Kier molecular flexibility index (Phi) is 4.16. The zero-order valence-electron chi connectivity index (χ0n) is 9.55. The van der Waals surface area contributed by atoms with Gasteiger partial charge in [0.1, 0.15) is 5.82 Å². The molecule has 94 valence electrons. The highest BCUT2D eigenvalue weighted by Crippen LogP contribution is 2.35. The second kappa shape index (κ2) is 5.48. The van der Waals surface area contributed by atoms with Crippen molar-refractivity contribution in [2.45, 2.75) is 12.3 Å². The summed E-state index contributed by atoms with van der Waals surface area (Å²) in [6, 6.07) is 10.2. The third-order valence-corrected chi connectivity index (χ3v) is 3.74. The summed E-state index contributed by atoms with van der Waals surface area (Å²) >= 11 is 18.3. The van der Waals surface area contributed by atoms with Crippen LogP contribution >= 0.6 is 34.8 Å². The highest BCUT2D eigenvalue weighted by Gasteiger charge is 2.16. The third-order valence-electron chi connectivity index (χ3n) is 2.69. The monoisotopic (exact) mass is 302 g/mol. The summed E-state index contributed by atoms with van der Waals surface area (Å²) in [6.07, 6.45) is 0. The Morgan fingerprint density at radius 1 is 1.11 bits per heavy atom. The van der Waals surface area contributed by atoms with Gasteiger partial charge >= 0.3 is 0 Å². The van der Waals surface area contributed by atoms with Crippen molar-refractivity contribution in [3.8, 4) is 0 Å². The molecule has 1 unspecified atom stereocenters. The van der Waals surface area contributed by atoms with Crippen LogP contribution in [0.5, 0.6) is 0 Å². The molecule has 18 heavy (non-hydrogen) atoms. The van der Waals surface area contributed by atoms with E-state index in [1.807, 2.05) is 12.1 Å². The number of hydrogen-bond acceptors (Lipinski definition) is 0. The maximum absolute atomic E-state index is 13.3. The number of halogens is 4. The van der Waals surface area contributed by atoms with Gasteiger partial charge in [-0.15, -0.1) is 11.6 Å². The molecule has 0 saturated carbocycles. The van der Waals surface area contributed by atoms with Crippen molar-refractivity contribution < 1.29 is 4.39 Å². The summed E-state index contributed by atoms with van der Waals surface area (Å²) in [4.78, 5) is 0. The summed E-state index contributed by atoms with van der Waals surface area (Å²) < 4.78 is 13.3. The van der Waals surface area contributed by atoms with E-state index in [-0.39, 0.29) is 5.82 Å². The fourth-order valence-electron chi connectivity index (χ4n) is 1.72. The van der Waals surface area contributed by atoms with Crippen molar-refractivity contribution in [3.63, 3.8) is 0 Å². The second-order valence-corrected chi connectivity index (χ2v) is 5.32. The predicted octanol–water partition coefficient (Wildman–Crippen LogP) is 5.77. The Hall–Kier alpha value is -0.760. The maximum atomic E-state index is 13.3. The molecule has 0 N–H and O–H groups in total. The van der Waals surface area contributed by atoms with Crippen molar-refractivity contribution in [2.24, 2.45) is 0 Å². The van der Waals surface area contributed by atoms with E-state index in [1.54, 1.807) is 25.1 Å². The highest BCUT2D eigenvalue weighted by molar-refractivity contribution is 6.33. The van der Waals surface area contributed by atoms with Crippen molar-refractivity contribution in [1.82, 2.24) is 0 Å². The molecule has 0 aliphatic carbocycles. The van der Waals surface area contributed by atoms with Crippen molar-refractivity contribution >= 4 is 34.8 Å². The lowest BCUT2D eigenvalue weighted by molar-refractivity contribution is 0.618. The molecule has 2 aromatic carbocycles. The van der Waals surface area contributed by atoms with Crippen LogP contribution in [0.4, 0.5) is 4.39 Å². The van der Waals surface area contributed by atoms with E-state index in [2.05, 4.69) is 0 Å². The van der Waals surface area contributed by atoms with Crippen molar-refractivity contribution in [2.75, 3.05) is 0 Å². The van der Waals surface area contributed by atoms with Gasteiger partial charge in [-0.2, -0.15) is 0 Å². The van der Waals surface area contributed by atoms with E-state index >= 15 is 0 Å². The SMILES string of the molecule is Cc1cc(C(Cl)c2cccc(Cl)c2)c(Cl)cc1F. The number of benzene rings is 2. The first-order chi connectivity index (χ1) is 8.49. The van der Waals surface area contributed by atoms with Crippen LogP contribution in [0, 0.1) is 12.7 Å². The lowest BCUT2D eigenvalue weighted by Gasteiger charge is -2.13. The third kappa shape index (κ3) is 2.80. The average molecular weight is 304 g/mol. The number of aryl methyl sites for hydroxylation is 1. The molecule has 0 saturated heterocycles. The van der Waals surface area contributed by atoms with E-state index in [0.717, 1.165) is 5.56 Å². The van der Waals surface area contributed by atoms with Gasteiger partial charge in [0, 0.05) is 10.0 Å². The van der Waals surface area contributed by atoms with Crippen LogP contribution in [0.25, 0.3) is 0 Å². The molecule has 0 fully saturated rings. The normalized spacial score (nSPS) is 12.5. The van der Waals surface area contributed by atoms with Gasteiger partial charge in [-0.3, -0.25) is 0 Å². The average Bonchev–Trinajstić information content (AvgIpc) is 2.33. The zero-order chi connectivity index (χ0) is 13.3. The first kappa shape index (κ1) is 13.7. The van der Waals surface area contributed by atoms with Crippen LogP contribution in [0.2, 0.25) is 10.0 Å². The molecule has 0 bridgehead atoms. The molecule has 0 aliphatic rings. The Morgan fingerprint density at radius 3 is 2.50 bits per heavy atom. The highest BCUT2D eigenvalue weighted by atomic mass is 35.5. The van der Waals surface area contributed by atoms with Gasteiger partial charge in [0.25, 0.3) is 0 Å². The van der Waals surface area contributed by atoms with Gasteiger partial charge in [0.15, 0.2) is 0 Å². The van der Waals surface area contributed by atoms with Crippen LogP contribution in [0.1, 0.15) is 22.1 Å². The Morgan fingerprint density at radius 2 is 1.83 bits per heavy atom. The van der Waals surface area contributed by atoms with Gasteiger partial charge in [-0.25, -0.2) is 4.39 Å². The van der Waals surface area contributed by atoms with Crippen LogP contribution in [0.15, 0.2) is 36.4 Å². The van der Waals surface area contributed by atoms with Gasteiger partial charge < -0.3 is 0 Å². The van der Waals surface area contributed by atoms with Gasteiger partial charge in [0.05, 0.1) is 5.38 Å². The largest absolute Gasteiger partial charge is 0.207 e. The second-order valence-electron chi connectivity index (χ2n) is 4.04. The lowest BCUT2D eigenvalue weighted by Crippen LogP contribution is -1.97. The minimum Gasteiger partial charge on any atom is -0.207 e. The molecule has 1 atom stereocenters. The molecule has 0 amide bonds. The van der Waals surface area contributed by atoms with Gasteiger partial charge in [-0.1, -0.05) is 35.3 Å². The van der Waals surface area contributed by atoms with E-state index < -0.39 is 5.38 Å². The molecular formula is C14H10Cl3F. The van der Waals surface area contributed by atoms with Crippen LogP contribution in [-0.4, -0.2) is 0 Å². The molecule has 0 heterocycles. The summed E-state index contributed by atoms with van der Waals surface area (Å²) in [6.45, 7) is 1.68. The Balaban J connectivity index is 2.46. The van der Waals surface area contributed by atoms with Crippen molar-refractivity contribution in [1.29, 1.82) is 0 Å². The fraction of sp³-hybridized carbons (Fsp3) is 0.143. The van der Waals surface area contributed by atoms with Crippen molar-refractivity contribution in [3.05, 3.63) is 69.0 Å². The summed E-state index contributed by atoms with van der Waals surface area (Å²) in [5.74, 6) is -0.335. The summed E-state index contributed by atoms with van der Waals surface area (Å²) in [5, 5.41) is 0.474. The van der Waals surface area contributed by atoms with Crippen LogP contribution in [0.3, 0.4) is 0 Å². The minimum atomic E-state index is -0.449. The van der Waals surface area contributed by atoms with Crippen LogP contribution in [-0.2, 0) is 0 Å². The number of rotatable bonds is 2. The molecule has 2 aromatic rings. The van der Waals surface area contributed by atoms with Gasteiger partial charge in [-0.05, 0) is 47.9 Å². The Bertz CT molecular complexity index is 581. The van der Waals surface area contributed by atoms with Gasteiger partial charge in [0.2, 0.25) is 0 Å². The molecule has 0 radical (unpaired) electrons. The van der Waals surface area contributed by atoms with E-state index in [0.29, 0.717) is 21.2 Å². The molecule has 0 spiro atoms. The maximum Gasteiger partial charge on any atom is 0.127 e. The lowest BCUT2D eigenvalue weighted by atomic mass is 10.0. The smallest absolute Gasteiger partial charge is 0.127 e. The molecule has 0 aliphatic heterocycles.